The van der Waals surface area contributed by atoms with Crippen LogP contribution >= 0.6 is 11.6 Å². The van der Waals surface area contributed by atoms with E-state index in [0.29, 0.717) is 41.6 Å². The molecule has 0 bridgehead atoms. The van der Waals surface area contributed by atoms with Crippen LogP contribution in [-0.4, -0.2) is 73.3 Å². The molecule has 12 heteroatoms. The van der Waals surface area contributed by atoms with Crippen molar-refractivity contribution < 1.29 is 13.5 Å². The van der Waals surface area contributed by atoms with Crippen LogP contribution < -0.4 is 10.6 Å². The maximum absolute atomic E-state index is 14.5. The summed E-state index contributed by atoms with van der Waals surface area (Å²) in [7, 11) is 1.68. The highest BCUT2D eigenvalue weighted by Crippen LogP contribution is 2.57. The highest BCUT2D eigenvalue weighted by Gasteiger charge is 2.62. The summed E-state index contributed by atoms with van der Waals surface area (Å²) in [4.78, 5) is 21.8. The van der Waals surface area contributed by atoms with Gasteiger partial charge in [-0.2, -0.15) is 4.98 Å². The molecule has 210 valence electrons. The van der Waals surface area contributed by atoms with Crippen molar-refractivity contribution in [1.82, 2.24) is 29.4 Å². The first-order valence-electron chi connectivity index (χ1n) is 13.8. The summed E-state index contributed by atoms with van der Waals surface area (Å²) in [6.45, 7) is 6.44. The third-order valence-electron chi connectivity index (χ3n) is 8.58. The molecule has 2 aromatic heterocycles. The van der Waals surface area contributed by atoms with Crippen molar-refractivity contribution in [3.05, 3.63) is 45.3 Å². The number of rotatable bonds is 7. The molecule has 1 aromatic carbocycles. The molecule has 6 rings (SSSR count). The van der Waals surface area contributed by atoms with Crippen molar-refractivity contribution >= 4 is 28.6 Å². The van der Waals surface area contributed by atoms with Crippen LogP contribution in [0.3, 0.4) is 0 Å². The summed E-state index contributed by atoms with van der Waals surface area (Å²) < 4.78 is 38.0. The monoisotopic (exact) mass is 561 g/mol. The summed E-state index contributed by atoms with van der Waals surface area (Å²) >= 11 is 6.12. The maximum Gasteiger partial charge on any atom is 0.351 e. The molecule has 1 saturated carbocycles. The first-order valence-corrected chi connectivity index (χ1v) is 14.1. The van der Waals surface area contributed by atoms with Crippen molar-refractivity contribution in [1.29, 1.82) is 0 Å². The zero-order chi connectivity index (χ0) is 27.5. The first kappa shape index (κ1) is 26.6. The van der Waals surface area contributed by atoms with E-state index < -0.39 is 17.9 Å². The van der Waals surface area contributed by atoms with E-state index in [0.717, 1.165) is 31.4 Å². The Balaban J connectivity index is 1.34. The third-order valence-corrected chi connectivity index (χ3v) is 8.83. The van der Waals surface area contributed by atoms with E-state index in [-0.39, 0.29) is 30.3 Å². The predicted octanol–water partition coefficient (Wildman–Crippen LogP) is 4.04. The molecule has 5 atom stereocenters. The van der Waals surface area contributed by atoms with Gasteiger partial charge in [0.1, 0.15) is 0 Å². The number of piperazine rings is 1. The van der Waals surface area contributed by atoms with E-state index >= 15 is 0 Å². The van der Waals surface area contributed by atoms with Gasteiger partial charge in [0.2, 0.25) is 0 Å². The fourth-order valence-corrected chi connectivity index (χ4v) is 6.48. The molecule has 0 radical (unpaired) electrons. The molecule has 2 saturated heterocycles. The van der Waals surface area contributed by atoms with Crippen molar-refractivity contribution in [2.75, 3.05) is 24.6 Å². The van der Waals surface area contributed by atoms with Gasteiger partial charge in [0.15, 0.2) is 17.0 Å². The lowest BCUT2D eigenvalue weighted by Crippen LogP contribution is -2.59. The third kappa shape index (κ3) is 4.82. The van der Waals surface area contributed by atoms with Gasteiger partial charge < -0.3 is 9.64 Å². The molecule has 3 aliphatic rings. The maximum atomic E-state index is 14.5. The number of aryl methyl sites for hydroxylation is 1. The number of hydrogen-bond acceptors (Lipinski definition) is 7. The van der Waals surface area contributed by atoms with Crippen molar-refractivity contribution in [3.8, 4) is 0 Å². The molecule has 1 aliphatic carbocycles. The largest absolute Gasteiger partial charge is 0.376 e. The second-order valence-corrected chi connectivity index (χ2v) is 11.6. The Labute approximate surface area is 230 Å². The SMILES string of the molecule is CC[C@@H]1CN(c2nc(=O)n(C)c3c2nnn3C[C@H]2CCCO2)[C@@H](C)CN1[C@@H](c1ccc(Cl)cc1)[C@@H]1CC1(F)F. The fraction of sp³-hybridized carbons (Fsp3) is 0.630. The lowest BCUT2D eigenvalue weighted by molar-refractivity contribution is 0.0340. The van der Waals surface area contributed by atoms with Gasteiger partial charge in [-0.25, -0.2) is 18.3 Å². The van der Waals surface area contributed by atoms with Gasteiger partial charge in [-0.05, 0) is 43.9 Å². The van der Waals surface area contributed by atoms with Crippen LogP contribution in [0.4, 0.5) is 14.6 Å². The van der Waals surface area contributed by atoms with E-state index in [1.54, 1.807) is 23.9 Å². The van der Waals surface area contributed by atoms with Crippen LogP contribution in [0.25, 0.3) is 11.2 Å². The first-order chi connectivity index (χ1) is 18.7. The lowest BCUT2D eigenvalue weighted by Gasteiger charge is -2.49. The molecule has 4 heterocycles. The van der Waals surface area contributed by atoms with Gasteiger partial charge >= 0.3 is 5.69 Å². The molecular formula is C27H34ClF2N7O2. The summed E-state index contributed by atoms with van der Waals surface area (Å²) in [5, 5.41) is 9.41. The number of alkyl halides is 2. The number of ether oxygens (including phenoxy) is 1. The second-order valence-electron chi connectivity index (χ2n) is 11.2. The van der Waals surface area contributed by atoms with Gasteiger partial charge in [0.05, 0.1) is 12.6 Å². The molecular weight excluding hydrogens is 528 g/mol. The zero-order valence-electron chi connectivity index (χ0n) is 22.4. The number of benzene rings is 1. The molecule has 3 aromatic rings. The Kier molecular flexibility index (Phi) is 6.87. The molecule has 2 aliphatic heterocycles. The van der Waals surface area contributed by atoms with E-state index in [9.17, 15) is 13.6 Å². The molecule has 9 nitrogen and oxygen atoms in total. The average Bonchev–Trinajstić information content (AvgIpc) is 3.27. The van der Waals surface area contributed by atoms with Crippen molar-refractivity contribution in [2.24, 2.45) is 13.0 Å². The van der Waals surface area contributed by atoms with Crippen LogP contribution in [0.1, 0.15) is 51.1 Å². The smallest absolute Gasteiger partial charge is 0.351 e. The Morgan fingerprint density at radius 2 is 1.97 bits per heavy atom. The lowest BCUT2D eigenvalue weighted by atomic mass is 9.94. The van der Waals surface area contributed by atoms with E-state index in [4.69, 9.17) is 16.3 Å². The summed E-state index contributed by atoms with van der Waals surface area (Å²) in [6.07, 6.45) is 2.63. The number of hydrogen-bond donors (Lipinski definition) is 0. The van der Waals surface area contributed by atoms with Gasteiger partial charge in [0.25, 0.3) is 5.92 Å². The summed E-state index contributed by atoms with van der Waals surface area (Å²) in [5.41, 5.74) is 1.65. The number of anilines is 1. The highest BCUT2D eigenvalue weighted by molar-refractivity contribution is 6.30. The number of halogens is 3. The van der Waals surface area contributed by atoms with Gasteiger partial charge in [-0.3, -0.25) is 9.47 Å². The molecule has 39 heavy (non-hydrogen) atoms. The second kappa shape index (κ2) is 10.1. The Morgan fingerprint density at radius 3 is 2.62 bits per heavy atom. The highest BCUT2D eigenvalue weighted by atomic mass is 35.5. The molecule has 3 fully saturated rings. The van der Waals surface area contributed by atoms with Crippen LogP contribution in [0.15, 0.2) is 29.1 Å². The predicted molar refractivity (Wildman–Crippen MR) is 144 cm³/mol. The quantitative estimate of drug-likeness (QED) is 0.430. The Hall–Kier alpha value is -2.63. The molecule has 0 unspecified atom stereocenters. The van der Waals surface area contributed by atoms with E-state index in [2.05, 4.69) is 32.0 Å². The molecule has 0 N–H and O–H groups in total. The van der Waals surface area contributed by atoms with Crippen molar-refractivity contribution in [2.45, 2.75) is 76.2 Å². The van der Waals surface area contributed by atoms with Crippen LogP contribution in [0.5, 0.6) is 0 Å². The van der Waals surface area contributed by atoms with Gasteiger partial charge in [-0.1, -0.05) is 35.9 Å². The minimum absolute atomic E-state index is 0.0267. The zero-order valence-corrected chi connectivity index (χ0v) is 23.2. The fourth-order valence-electron chi connectivity index (χ4n) is 6.35. The number of aromatic nitrogens is 5. The van der Waals surface area contributed by atoms with Crippen LogP contribution in [-0.2, 0) is 18.3 Å². The average molecular weight is 562 g/mol. The Morgan fingerprint density at radius 1 is 1.23 bits per heavy atom. The minimum atomic E-state index is -2.68. The van der Waals surface area contributed by atoms with Crippen molar-refractivity contribution in [3.63, 3.8) is 0 Å². The van der Waals surface area contributed by atoms with E-state index in [1.165, 1.54) is 4.57 Å². The van der Waals surface area contributed by atoms with Gasteiger partial charge in [-0.15, -0.1) is 5.10 Å². The summed E-state index contributed by atoms with van der Waals surface area (Å²) in [5.74, 6) is -2.92. The van der Waals surface area contributed by atoms with Gasteiger partial charge in [0, 0.05) is 62.2 Å². The number of fused-ring (bicyclic) bond motifs is 1. The Bertz CT molecular complexity index is 1410. The van der Waals surface area contributed by atoms with Crippen LogP contribution in [0, 0.1) is 5.92 Å². The standard InChI is InChI=1S/C27H34ClF2N7O2/c1-4-19-14-35(16(2)13-36(19)23(21-12-27(21,29)30)17-7-9-18(28)10-8-17)24-22-25(34(3)26(38)31-24)37(33-32-22)15-20-6-5-11-39-20/h7-10,16,19-21,23H,4-6,11-15H2,1-3H3/t16-,19+,20+,21-,23-/m0/s1. The van der Waals surface area contributed by atoms with E-state index in [1.807, 2.05) is 19.1 Å². The topological polar surface area (TPSA) is 81.3 Å². The minimum Gasteiger partial charge on any atom is -0.376 e. The number of nitrogens with zero attached hydrogens (tertiary/aromatic N) is 7. The molecule has 0 amide bonds. The molecule has 0 spiro atoms. The van der Waals surface area contributed by atoms with Crippen LogP contribution in [0.2, 0.25) is 5.02 Å². The summed E-state index contributed by atoms with van der Waals surface area (Å²) in [6, 6.07) is 6.72. The normalized spacial score (nSPS) is 27.8.